The predicted molar refractivity (Wildman–Crippen MR) is 52.5 cm³/mol. The van der Waals surface area contributed by atoms with E-state index in [2.05, 4.69) is 36.6 Å². The van der Waals surface area contributed by atoms with Crippen LogP contribution >= 0.6 is 0 Å². The van der Waals surface area contributed by atoms with Gasteiger partial charge in [-0.15, -0.1) is 0 Å². The average molecular weight is 267 g/mol. The van der Waals surface area contributed by atoms with Gasteiger partial charge in [0.05, 0.1) is 5.69 Å². The molecule has 65 valence electrons. The van der Waals surface area contributed by atoms with E-state index in [0.29, 0.717) is 5.92 Å². The van der Waals surface area contributed by atoms with Crippen molar-refractivity contribution in [1.82, 2.24) is 9.78 Å². The van der Waals surface area contributed by atoms with Crippen molar-refractivity contribution in [2.75, 3.05) is 0 Å². The Morgan fingerprint density at radius 2 is 2.08 bits per heavy atom. The van der Waals surface area contributed by atoms with Crippen LogP contribution in [0, 0.1) is 6.92 Å². The fraction of sp³-hybridized carbons (Fsp3) is 0.667. The van der Waals surface area contributed by atoms with Crippen LogP contribution in [-0.2, 0) is 6.54 Å². The molecule has 0 fully saturated rings. The largest absolute Gasteiger partial charge is 0.269 e. The van der Waals surface area contributed by atoms with Gasteiger partial charge in [0, 0.05) is 38.1 Å². The topological polar surface area (TPSA) is 17.8 Å². The minimum Gasteiger partial charge on any atom is -0.269 e. The van der Waals surface area contributed by atoms with E-state index in [0.717, 1.165) is 12.2 Å². The van der Waals surface area contributed by atoms with Gasteiger partial charge < -0.3 is 0 Å². The Bertz CT molecular complexity index is 241. The molecule has 0 N–H and O–H groups in total. The summed E-state index contributed by atoms with van der Waals surface area (Å²) in [7, 11) is 0. The molecule has 3 radical (unpaired) electrons. The zero-order valence-electron chi connectivity index (χ0n) is 8.33. The summed E-state index contributed by atoms with van der Waals surface area (Å²) >= 11 is 0. The molecule has 0 bridgehead atoms. The van der Waals surface area contributed by atoms with E-state index < -0.39 is 0 Å². The van der Waals surface area contributed by atoms with Gasteiger partial charge in [0.2, 0.25) is 0 Å². The zero-order chi connectivity index (χ0) is 8.43. The number of nitrogens with zero attached hydrogens (tertiary/aromatic N) is 2. The molecular formula is C9H16InN2. The van der Waals surface area contributed by atoms with Gasteiger partial charge in [0.15, 0.2) is 0 Å². The first-order valence-electron chi connectivity index (χ1n) is 4.19. The number of hydrogen-bond acceptors (Lipinski definition) is 1. The molecule has 0 aromatic carbocycles. The molecular weight excluding hydrogens is 251 g/mol. The third-order valence-electron chi connectivity index (χ3n) is 1.82. The Balaban J connectivity index is 0.00000121. The van der Waals surface area contributed by atoms with Gasteiger partial charge in [-0.05, 0) is 25.8 Å². The van der Waals surface area contributed by atoms with Crippen molar-refractivity contribution < 1.29 is 0 Å². The fourth-order valence-electron chi connectivity index (χ4n) is 1.28. The summed E-state index contributed by atoms with van der Waals surface area (Å²) in [6.07, 6.45) is 0. The van der Waals surface area contributed by atoms with Gasteiger partial charge in [-0.1, -0.05) is 13.8 Å². The van der Waals surface area contributed by atoms with E-state index in [9.17, 15) is 0 Å². The molecule has 1 aromatic heterocycles. The summed E-state index contributed by atoms with van der Waals surface area (Å²) in [5, 5.41) is 4.37. The molecule has 0 unspecified atom stereocenters. The number of aromatic nitrogens is 2. The van der Waals surface area contributed by atoms with E-state index in [1.54, 1.807) is 0 Å². The van der Waals surface area contributed by atoms with E-state index in [1.165, 1.54) is 5.69 Å². The predicted octanol–water partition coefficient (Wildman–Crippen LogP) is 1.95. The first-order chi connectivity index (χ1) is 5.15. The minimum atomic E-state index is 0. The Kier molecular flexibility index (Phi) is 4.98. The van der Waals surface area contributed by atoms with Gasteiger partial charge in [0.1, 0.15) is 0 Å². The number of aryl methyl sites for hydroxylation is 2. The standard InChI is InChI=1S/C9H16N2.In/c1-5-11-9(7(2)3)6-8(4)10-11;/h6-7H,5H2,1-4H3;. The van der Waals surface area contributed by atoms with Crippen molar-refractivity contribution in [3.8, 4) is 0 Å². The van der Waals surface area contributed by atoms with Crippen molar-refractivity contribution in [1.29, 1.82) is 0 Å². The maximum absolute atomic E-state index is 4.37. The summed E-state index contributed by atoms with van der Waals surface area (Å²) < 4.78 is 2.07. The molecule has 0 saturated heterocycles. The van der Waals surface area contributed by atoms with Crippen LogP contribution in [0.3, 0.4) is 0 Å². The second-order valence-electron chi connectivity index (χ2n) is 3.18. The van der Waals surface area contributed by atoms with Crippen LogP contribution in [0.25, 0.3) is 0 Å². The van der Waals surface area contributed by atoms with Crippen LogP contribution in [0.2, 0.25) is 0 Å². The molecule has 2 nitrogen and oxygen atoms in total. The molecule has 0 atom stereocenters. The Hall–Kier alpha value is 0.0801. The molecule has 1 heterocycles. The van der Waals surface area contributed by atoms with Crippen LogP contribution in [0.1, 0.15) is 38.1 Å². The second-order valence-corrected chi connectivity index (χ2v) is 3.18. The second kappa shape index (κ2) is 4.95. The minimum absolute atomic E-state index is 0. The monoisotopic (exact) mass is 267 g/mol. The molecule has 3 heteroatoms. The van der Waals surface area contributed by atoms with Gasteiger partial charge in [-0.2, -0.15) is 5.10 Å². The van der Waals surface area contributed by atoms with Gasteiger partial charge in [-0.25, -0.2) is 0 Å². The molecule has 0 aliphatic rings. The van der Waals surface area contributed by atoms with Crippen molar-refractivity contribution in [2.24, 2.45) is 0 Å². The van der Waals surface area contributed by atoms with Crippen LogP contribution in [0.5, 0.6) is 0 Å². The molecule has 0 spiro atoms. The van der Waals surface area contributed by atoms with Crippen molar-refractivity contribution in [3.05, 3.63) is 17.5 Å². The van der Waals surface area contributed by atoms with E-state index in [1.807, 2.05) is 6.92 Å². The summed E-state index contributed by atoms with van der Waals surface area (Å²) in [6, 6.07) is 2.16. The summed E-state index contributed by atoms with van der Waals surface area (Å²) in [4.78, 5) is 0. The van der Waals surface area contributed by atoms with E-state index >= 15 is 0 Å². The first-order valence-corrected chi connectivity index (χ1v) is 4.19. The first kappa shape index (κ1) is 12.1. The Morgan fingerprint density at radius 3 is 2.42 bits per heavy atom. The van der Waals surface area contributed by atoms with Crippen LogP contribution in [0.4, 0.5) is 0 Å². The third kappa shape index (κ3) is 2.54. The quantitative estimate of drug-likeness (QED) is 0.800. The molecule has 0 saturated carbocycles. The summed E-state index contributed by atoms with van der Waals surface area (Å²) in [5.74, 6) is 0.580. The number of hydrogen-bond donors (Lipinski definition) is 0. The SMILES string of the molecule is CCn1nc(C)cc1C(C)C.[In]. The molecule has 1 rings (SSSR count). The smallest absolute Gasteiger partial charge is 0.0596 e. The van der Waals surface area contributed by atoms with Crippen LogP contribution < -0.4 is 0 Å². The van der Waals surface area contributed by atoms with Crippen molar-refractivity contribution >= 4 is 25.8 Å². The van der Waals surface area contributed by atoms with Gasteiger partial charge in [0.25, 0.3) is 0 Å². The summed E-state index contributed by atoms with van der Waals surface area (Å²) in [6.45, 7) is 9.53. The molecule has 12 heavy (non-hydrogen) atoms. The average Bonchev–Trinajstić information content (AvgIpc) is 2.30. The maximum atomic E-state index is 4.37. The van der Waals surface area contributed by atoms with Crippen LogP contribution in [-0.4, -0.2) is 35.6 Å². The van der Waals surface area contributed by atoms with Gasteiger partial charge >= 0.3 is 0 Å². The van der Waals surface area contributed by atoms with Crippen LogP contribution in [0.15, 0.2) is 6.07 Å². The zero-order valence-corrected chi connectivity index (χ0v) is 11.6. The van der Waals surface area contributed by atoms with Crippen molar-refractivity contribution in [3.63, 3.8) is 0 Å². The van der Waals surface area contributed by atoms with Crippen molar-refractivity contribution in [2.45, 2.75) is 40.2 Å². The Labute approximate surface area is 93.1 Å². The normalized spacial score (nSPS) is 10.1. The molecule has 0 aliphatic carbocycles. The maximum Gasteiger partial charge on any atom is 0.0596 e. The number of rotatable bonds is 2. The van der Waals surface area contributed by atoms with Gasteiger partial charge in [-0.3, -0.25) is 4.68 Å². The third-order valence-corrected chi connectivity index (χ3v) is 1.82. The molecule has 0 amide bonds. The summed E-state index contributed by atoms with van der Waals surface area (Å²) in [5.41, 5.74) is 2.46. The van der Waals surface area contributed by atoms with E-state index in [4.69, 9.17) is 0 Å². The molecule has 0 aliphatic heterocycles. The Morgan fingerprint density at radius 1 is 1.50 bits per heavy atom. The molecule has 1 aromatic rings. The van der Waals surface area contributed by atoms with E-state index in [-0.39, 0.29) is 25.8 Å². The fourth-order valence-corrected chi connectivity index (χ4v) is 1.28.